The van der Waals surface area contributed by atoms with Crippen LogP contribution in [0.15, 0.2) is 29.9 Å². The first kappa shape index (κ1) is 30.4. The molecule has 42 heavy (non-hydrogen) atoms. The van der Waals surface area contributed by atoms with E-state index in [1.807, 2.05) is 20.8 Å². The van der Waals surface area contributed by atoms with Gasteiger partial charge in [0.05, 0.1) is 12.3 Å². The van der Waals surface area contributed by atoms with Crippen molar-refractivity contribution in [3.05, 3.63) is 36.2 Å². The van der Waals surface area contributed by atoms with E-state index < -0.39 is 59.8 Å². The Balaban J connectivity index is 1.42. The molecule has 8 unspecified atom stereocenters. The number of aliphatic hydroxyl groups excluding tert-OH is 1. The van der Waals surface area contributed by atoms with Gasteiger partial charge in [0.25, 0.3) is 0 Å². The van der Waals surface area contributed by atoms with Gasteiger partial charge in [-0.3, -0.25) is 9.59 Å². The second-order valence-electron chi connectivity index (χ2n) is 13.2. The summed E-state index contributed by atoms with van der Waals surface area (Å²) in [4.78, 5) is 39.4. The number of amides is 1. The highest BCUT2D eigenvalue weighted by molar-refractivity contribution is 6.67. The lowest BCUT2D eigenvalue weighted by atomic mass is 9.44. The SMILES string of the molecule is C=CC1(C)CC(OC(=O)COc2ccc3c(c2F)B(O)N(C(C)=O)N=C3)C2(C)C(C)CCC3(CCC(=O)C32)C(C)C1O. The van der Waals surface area contributed by atoms with E-state index >= 15 is 4.39 Å². The van der Waals surface area contributed by atoms with Crippen LogP contribution in [0.25, 0.3) is 0 Å². The fourth-order valence-corrected chi connectivity index (χ4v) is 8.47. The molecule has 1 aromatic carbocycles. The molecule has 0 radical (unpaired) electrons. The maximum absolute atomic E-state index is 15.4. The van der Waals surface area contributed by atoms with Gasteiger partial charge in [0.2, 0.25) is 5.91 Å². The number of esters is 1. The second kappa shape index (κ2) is 10.6. The van der Waals surface area contributed by atoms with Crippen molar-refractivity contribution in [3.63, 3.8) is 0 Å². The van der Waals surface area contributed by atoms with E-state index in [0.717, 1.165) is 17.8 Å². The highest BCUT2D eigenvalue weighted by Gasteiger charge is 2.68. The molecule has 2 bridgehead atoms. The fraction of sp³-hybridized carbons (Fsp3) is 0.613. The highest BCUT2D eigenvalue weighted by Crippen LogP contribution is 2.68. The predicted octanol–water partition coefficient (Wildman–Crippen LogP) is 2.99. The zero-order valence-corrected chi connectivity index (χ0v) is 24.9. The Kier molecular flexibility index (Phi) is 7.67. The van der Waals surface area contributed by atoms with Gasteiger partial charge in [-0.2, -0.15) is 5.10 Å². The Labute approximate surface area is 246 Å². The van der Waals surface area contributed by atoms with Crippen LogP contribution >= 0.6 is 0 Å². The number of hydrazone groups is 1. The van der Waals surface area contributed by atoms with Crippen LogP contribution in [-0.4, -0.2) is 64.8 Å². The van der Waals surface area contributed by atoms with Crippen molar-refractivity contribution < 1.29 is 38.4 Å². The molecule has 1 heterocycles. The summed E-state index contributed by atoms with van der Waals surface area (Å²) in [6.07, 6.45) is 4.56. The van der Waals surface area contributed by atoms with Crippen LogP contribution in [0.1, 0.15) is 72.3 Å². The van der Waals surface area contributed by atoms with Crippen molar-refractivity contribution in [3.8, 4) is 5.75 Å². The minimum Gasteiger partial charge on any atom is -0.479 e. The number of hydrogen-bond acceptors (Lipinski definition) is 8. The smallest absolute Gasteiger partial charge is 0.477 e. The van der Waals surface area contributed by atoms with Crippen molar-refractivity contribution in [1.29, 1.82) is 0 Å². The van der Waals surface area contributed by atoms with E-state index in [1.165, 1.54) is 25.3 Å². The van der Waals surface area contributed by atoms with E-state index in [0.29, 0.717) is 12.8 Å². The molecule has 1 aromatic rings. The number of halogens is 1. The Morgan fingerprint density at radius 3 is 2.67 bits per heavy atom. The molecule has 4 aliphatic rings. The second-order valence-corrected chi connectivity index (χ2v) is 13.2. The summed E-state index contributed by atoms with van der Waals surface area (Å²) in [6, 6.07) is 2.80. The minimum atomic E-state index is -1.64. The van der Waals surface area contributed by atoms with E-state index in [2.05, 4.69) is 18.6 Å². The van der Waals surface area contributed by atoms with Gasteiger partial charge in [-0.1, -0.05) is 33.8 Å². The Hall–Kier alpha value is -3.05. The molecule has 3 saturated carbocycles. The van der Waals surface area contributed by atoms with Gasteiger partial charge in [0.1, 0.15) is 11.9 Å². The predicted molar refractivity (Wildman–Crippen MR) is 154 cm³/mol. The zero-order valence-electron chi connectivity index (χ0n) is 24.9. The number of hydrogen-bond donors (Lipinski definition) is 2. The fourth-order valence-electron chi connectivity index (χ4n) is 8.47. The van der Waals surface area contributed by atoms with E-state index in [1.54, 1.807) is 6.08 Å². The van der Waals surface area contributed by atoms with Gasteiger partial charge < -0.3 is 19.6 Å². The number of Topliss-reactive ketones (excluding diaryl/α,β-unsaturated/α-hetero) is 1. The molecule has 9 nitrogen and oxygen atoms in total. The van der Waals surface area contributed by atoms with Crippen LogP contribution in [-0.2, 0) is 19.1 Å². The third kappa shape index (κ3) is 4.42. The maximum atomic E-state index is 15.4. The summed E-state index contributed by atoms with van der Waals surface area (Å²) in [7, 11) is -1.64. The Bertz CT molecular complexity index is 1350. The summed E-state index contributed by atoms with van der Waals surface area (Å²) in [5, 5.41) is 26.0. The van der Waals surface area contributed by atoms with Gasteiger partial charge in [0.15, 0.2) is 18.2 Å². The first-order valence-electron chi connectivity index (χ1n) is 14.7. The van der Waals surface area contributed by atoms with E-state index in [4.69, 9.17) is 9.47 Å². The maximum Gasteiger partial charge on any atom is 0.477 e. The number of nitrogens with zero attached hydrogens (tertiary/aromatic N) is 2. The topological polar surface area (TPSA) is 126 Å². The average molecular weight is 582 g/mol. The summed E-state index contributed by atoms with van der Waals surface area (Å²) in [5.41, 5.74) is -1.76. The monoisotopic (exact) mass is 582 g/mol. The number of aliphatic hydroxyl groups is 1. The highest BCUT2D eigenvalue weighted by atomic mass is 19.1. The summed E-state index contributed by atoms with van der Waals surface area (Å²) in [6.45, 7) is 12.7. The molecule has 0 saturated heterocycles. The van der Waals surface area contributed by atoms with Gasteiger partial charge in [0, 0.05) is 35.6 Å². The molecule has 1 aliphatic heterocycles. The quantitative estimate of drug-likeness (QED) is 0.311. The van der Waals surface area contributed by atoms with Crippen LogP contribution in [0.5, 0.6) is 5.75 Å². The number of carbonyl (C=O) groups excluding carboxylic acids is 3. The summed E-state index contributed by atoms with van der Waals surface area (Å²) in [5.74, 6) is -2.80. The normalized spacial score (nSPS) is 37.3. The number of ketones is 1. The molecule has 0 spiro atoms. The van der Waals surface area contributed by atoms with Crippen molar-refractivity contribution in [2.24, 2.45) is 39.1 Å². The van der Waals surface area contributed by atoms with Crippen molar-refractivity contribution >= 4 is 36.4 Å². The van der Waals surface area contributed by atoms with E-state index in [-0.39, 0.29) is 46.7 Å². The summed E-state index contributed by atoms with van der Waals surface area (Å²) < 4.78 is 27.1. The average Bonchev–Trinajstić information content (AvgIpc) is 3.30. The largest absolute Gasteiger partial charge is 0.479 e. The van der Waals surface area contributed by atoms with Crippen LogP contribution in [0.4, 0.5) is 4.39 Å². The Morgan fingerprint density at radius 2 is 2.00 bits per heavy atom. The molecule has 11 heteroatoms. The molecular formula is C31H40BFN2O7. The number of rotatable bonds is 5. The lowest BCUT2D eigenvalue weighted by Crippen LogP contribution is -2.63. The first-order valence-corrected chi connectivity index (χ1v) is 14.7. The number of fused-ring (bicyclic) bond motifs is 1. The molecular weight excluding hydrogens is 542 g/mol. The third-order valence-corrected chi connectivity index (χ3v) is 11.2. The van der Waals surface area contributed by atoms with Crippen LogP contribution < -0.4 is 10.2 Å². The van der Waals surface area contributed by atoms with Gasteiger partial charge in [-0.05, 0) is 60.6 Å². The van der Waals surface area contributed by atoms with E-state index in [9.17, 15) is 24.5 Å². The van der Waals surface area contributed by atoms with Crippen LogP contribution in [0.2, 0.25) is 0 Å². The zero-order chi connectivity index (χ0) is 30.8. The Morgan fingerprint density at radius 1 is 1.29 bits per heavy atom. The van der Waals surface area contributed by atoms with Crippen molar-refractivity contribution in [2.45, 2.75) is 78.9 Å². The molecule has 8 atom stereocenters. The van der Waals surface area contributed by atoms with Crippen LogP contribution in [0, 0.1) is 39.8 Å². The van der Waals surface area contributed by atoms with Gasteiger partial charge >= 0.3 is 13.0 Å². The molecule has 0 aromatic heterocycles. The number of carbonyl (C=O) groups is 3. The lowest BCUT2D eigenvalue weighted by molar-refractivity contribution is -0.207. The van der Waals surface area contributed by atoms with Crippen molar-refractivity contribution in [1.82, 2.24) is 4.92 Å². The molecule has 1 amide bonds. The molecule has 3 aliphatic carbocycles. The first-order chi connectivity index (χ1) is 19.7. The molecule has 2 N–H and O–H groups in total. The standard InChI is InChI=1S/C31H40BFN2O7/c1-7-29(5)14-23(30(6)17(2)10-12-31(18(3)28(29)39)13-11-21(37)27(30)31)42-24(38)16-41-22-9-8-20-15-34-35(19(4)36)32(40)25(20)26(22)33/h7-9,15,17-18,23,27-28,39-40H,1,10-14,16H2,2-6H3. The summed E-state index contributed by atoms with van der Waals surface area (Å²) >= 11 is 0. The van der Waals surface area contributed by atoms with Gasteiger partial charge in [-0.15, -0.1) is 6.58 Å². The minimum absolute atomic E-state index is 0.0679. The third-order valence-electron chi connectivity index (χ3n) is 11.2. The molecule has 5 rings (SSSR count). The number of benzene rings is 1. The molecule has 3 fully saturated rings. The molecule has 226 valence electrons. The number of ether oxygens (including phenoxy) is 2. The van der Waals surface area contributed by atoms with Crippen molar-refractivity contribution in [2.75, 3.05) is 6.61 Å². The van der Waals surface area contributed by atoms with Gasteiger partial charge in [-0.25, -0.2) is 14.1 Å². The van der Waals surface area contributed by atoms with Crippen LogP contribution in [0.3, 0.4) is 0 Å². The lowest BCUT2D eigenvalue weighted by Gasteiger charge is -2.61.